The van der Waals surface area contributed by atoms with Gasteiger partial charge in [0.25, 0.3) is 5.95 Å². The summed E-state index contributed by atoms with van der Waals surface area (Å²) in [4.78, 5) is 10.3. The van der Waals surface area contributed by atoms with Crippen molar-refractivity contribution in [3.63, 3.8) is 0 Å². The second kappa shape index (κ2) is 9.24. The second-order valence-electron chi connectivity index (χ2n) is 9.88. The van der Waals surface area contributed by atoms with E-state index in [4.69, 9.17) is 4.74 Å². The van der Waals surface area contributed by atoms with E-state index in [0.29, 0.717) is 28.6 Å². The van der Waals surface area contributed by atoms with E-state index in [1.165, 1.54) is 19.4 Å². The highest BCUT2D eigenvalue weighted by atomic mass is 19.1. The van der Waals surface area contributed by atoms with Gasteiger partial charge in [0.1, 0.15) is 11.9 Å². The molecule has 0 spiro atoms. The molecule has 3 aromatic rings. The Kier molecular flexibility index (Phi) is 5.91. The molecule has 2 aliphatic heterocycles. The van der Waals surface area contributed by atoms with Crippen LogP contribution >= 0.6 is 0 Å². The van der Waals surface area contributed by atoms with Crippen LogP contribution in [0.25, 0.3) is 22.5 Å². The number of alkyl halides is 1. The van der Waals surface area contributed by atoms with E-state index in [-0.39, 0.29) is 35.4 Å². The zero-order valence-electron chi connectivity index (χ0n) is 19.9. The molecule has 10 heteroatoms. The number of rotatable bonds is 6. The fourth-order valence-electron chi connectivity index (χ4n) is 5.57. The summed E-state index contributed by atoms with van der Waals surface area (Å²) in [5.74, 6) is 0.127. The molecule has 0 unspecified atom stereocenters. The zero-order chi connectivity index (χ0) is 24.8. The van der Waals surface area contributed by atoms with Crippen LogP contribution in [0.5, 0.6) is 11.5 Å². The van der Waals surface area contributed by atoms with Crippen molar-refractivity contribution in [3.05, 3.63) is 42.6 Å². The number of halogens is 2. The molecule has 4 heterocycles. The van der Waals surface area contributed by atoms with Crippen molar-refractivity contribution in [2.45, 2.75) is 68.9 Å². The Labute approximate surface area is 207 Å². The number of piperidine rings is 2. The van der Waals surface area contributed by atoms with Gasteiger partial charge in [-0.25, -0.2) is 14.4 Å². The number of nitrogens with one attached hydrogen (secondary N) is 1. The molecule has 0 amide bonds. The number of methoxy groups -OCH3 is 1. The topological polar surface area (TPSA) is 96.3 Å². The number of benzene rings is 1. The van der Waals surface area contributed by atoms with Crippen LogP contribution in [0.4, 0.5) is 14.6 Å². The Morgan fingerprint density at radius 1 is 1.06 bits per heavy atom. The van der Waals surface area contributed by atoms with Crippen molar-refractivity contribution < 1.29 is 18.6 Å². The minimum absolute atomic E-state index is 0.0206. The molecule has 4 atom stereocenters. The summed E-state index contributed by atoms with van der Waals surface area (Å²) >= 11 is 0. The molecular weight excluding hydrogens is 466 g/mol. The Hall–Kier alpha value is -3.40. The molecule has 8 nitrogen and oxygen atoms in total. The van der Waals surface area contributed by atoms with Crippen molar-refractivity contribution in [1.29, 1.82) is 0 Å². The Bertz CT molecular complexity index is 1260. The number of aromatic nitrogens is 4. The largest absolute Gasteiger partial charge is 0.507 e. The molecule has 2 bridgehead atoms. The maximum atomic E-state index is 15.4. The number of hydrogen-bond acceptors (Lipinski definition) is 8. The highest BCUT2D eigenvalue weighted by Crippen LogP contribution is 2.39. The number of ether oxygens (including phenoxy) is 1. The van der Waals surface area contributed by atoms with E-state index in [1.807, 2.05) is 0 Å². The lowest BCUT2D eigenvalue weighted by atomic mass is 9.82. The summed E-state index contributed by atoms with van der Waals surface area (Å²) < 4.78 is 34.1. The Balaban J connectivity index is 1.25. The third-order valence-electron chi connectivity index (χ3n) is 7.51. The summed E-state index contributed by atoms with van der Waals surface area (Å²) in [5, 5.41) is 22.9. The maximum Gasteiger partial charge on any atom is 0.255 e. The van der Waals surface area contributed by atoms with Crippen LogP contribution in [-0.4, -0.2) is 62.7 Å². The summed E-state index contributed by atoms with van der Waals surface area (Å²) in [5.41, 5.74) is 1.65. The van der Waals surface area contributed by atoms with Crippen molar-refractivity contribution in [2.75, 3.05) is 12.0 Å². The quantitative estimate of drug-likeness (QED) is 0.496. The maximum absolute atomic E-state index is 15.4. The lowest BCUT2D eigenvalue weighted by Crippen LogP contribution is -2.62. The second-order valence-corrected chi connectivity index (χ2v) is 9.88. The molecule has 3 fully saturated rings. The zero-order valence-corrected chi connectivity index (χ0v) is 19.9. The number of fused-ring (bicyclic) bond motifs is 2. The molecule has 0 radical (unpaired) electrons. The average Bonchev–Trinajstić information content (AvgIpc) is 3.73. The average molecular weight is 495 g/mol. The van der Waals surface area contributed by atoms with E-state index in [0.717, 1.165) is 38.5 Å². The molecule has 6 rings (SSSR count). The van der Waals surface area contributed by atoms with Gasteiger partial charge in [-0.15, -0.1) is 10.2 Å². The van der Waals surface area contributed by atoms with Crippen LogP contribution in [0, 0.1) is 5.95 Å². The lowest BCUT2D eigenvalue weighted by Gasteiger charge is -2.47. The number of phenols is 1. The fraction of sp³-hybridized carbons (Fsp3) is 0.462. The third kappa shape index (κ3) is 4.23. The van der Waals surface area contributed by atoms with Crippen molar-refractivity contribution in [2.24, 2.45) is 0 Å². The number of aromatic hydroxyl groups is 1. The molecule has 36 heavy (non-hydrogen) atoms. The number of pyridine rings is 1. The van der Waals surface area contributed by atoms with Crippen molar-refractivity contribution in [1.82, 2.24) is 25.5 Å². The third-order valence-corrected chi connectivity index (χ3v) is 7.51. The SMILES string of the molecule is COc1cc(-c2ccc(-c3ncc(N(C4CC4)[C@H]4C[C@@H]5CCC[C@@H](N5)[C@H]4F)nn3)c(O)c2)cnc1F. The molecular formula is C26H28F2N6O2. The van der Waals surface area contributed by atoms with Gasteiger partial charge in [-0.05, 0) is 55.9 Å². The van der Waals surface area contributed by atoms with Gasteiger partial charge in [0, 0.05) is 29.9 Å². The van der Waals surface area contributed by atoms with Crippen LogP contribution in [0.1, 0.15) is 38.5 Å². The van der Waals surface area contributed by atoms with Gasteiger partial charge in [-0.3, -0.25) is 0 Å². The van der Waals surface area contributed by atoms with E-state index in [2.05, 4.69) is 30.4 Å². The monoisotopic (exact) mass is 494 g/mol. The van der Waals surface area contributed by atoms with Crippen LogP contribution in [0.2, 0.25) is 0 Å². The molecule has 1 saturated carbocycles. The minimum atomic E-state index is -0.959. The van der Waals surface area contributed by atoms with E-state index >= 15 is 4.39 Å². The molecule has 1 aromatic carbocycles. The molecule has 1 aliphatic carbocycles. The van der Waals surface area contributed by atoms with E-state index < -0.39 is 12.1 Å². The van der Waals surface area contributed by atoms with Gasteiger partial charge in [-0.2, -0.15) is 4.39 Å². The molecule has 3 aliphatic rings. The predicted octanol–water partition coefficient (Wildman–Crippen LogP) is 4.04. The Morgan fingerprint density at radius 3 is 2.64 bits per heavy atom. The van der Waals surface area contributed by atoms with Crippen molar-refractivity contribution in [3.8, 4) is 34.0 Å². The summed E-state index contributed by atoms with van der Waals surface area (Å²) in [7, 11) is 1.37. The fourth-order valence-corrected chi connectivity index (χ4v) is 5.57. The highest BCUT2D eigenvalue weighted by molar-refractivity contribution is 5.73. The predicted molar refractivity (Wildman–Crippen MR) is 130 cm³/mol. The first-order chi connectivity index (χ1) is 17.5. The van der Waals surface area contributed by atoms with Gasteiger partial charge in [0.2, 0.25) is 0 Å². The van der Waals surface area contributed by atoms with Crippen LogP contribution in [0.15, 0.2) is 36.7 Å². The highest BCUT2D eigenvalue weighted by Gasteiger charge is 2.46. The minimum Gasteiger partial charge on any atom is -0.507 e. The first-order valence-corrected chi connectivity index (χ1v) is 12.4. The Morgan fingerprint density at radius 2 is 1.92 bits per heavy atom. The lowest BCUT2D eigenvalue weighted by molar-refractivity contribution is 0.104. The number of nitrogens with zero attached hydrogens (tertiary/aromatic N) is 5. The van der Waals surface area contributed by atoms with Gasteiger partial charge >= 0.3 is 0 Å². The molecule has 188 valence electrons. The molecule has 2 N–H and O–H groups in total. The summed E-state index contributed by atoms with van der Waals surface area (Å²) in [6.45, 7) is 0. The number of anilines is 1. The smallest absolute Gasteiger partial charge is 0.255 e. The van der Waals surface area contributed by atoms with Crippen LogP contribution < -0.4 is 15.0 Å². The van der Waals surface area contributed by atoms with E-state index in [1.54, 1.807) is 24.4 Å². The molecule has 2 saturated heterocycles. The van der Waals surface area contributed by atoms with Crippen LogP contribution in [0.3, 0.4) is 0 Å². The number of hydrogen-bond donors (Lipinski definition) is 2. The summed E-state index contributed by atoms with van der Waals surface area (Å²) in [6.07, 6.45) is 7.85. The van der Waals surface area contributed by atoms with Gasteiger partial charge in [0.05, 0.1) is 24.9 Å². The van der Waals surface area contributed by atoms with Crippen LogP contribution in [-0.2, 0) is 0 Å². The number of phenolic OH excluding ortho intramolecular Hbond substituents is 1. The van der Waals surface area contributed by atoms with Gasteiger partial charge < -0.3 is 20.1 Å². The first-order valence-electron chi connectivity index (χ1n) is 12.4. The van der Waals surface area contributed by atoms with Gasteiger partial charge in [0.15, 0.2) is 17.4 Å². The first kappa shape index (κ1) is 23.0. The van der Waals surface area contributed by atoms with E-state index in [9.17, 15) is 9.50 Å². The normalized spacial score (nSPS) is 25.4. The standard InChI is InChI=1S/C26H28F2N6O2/c1-36-22-10-15(12-29-25(22)28)14-5-8-18(21(35)9-14)26-30-13-23(32-33-26)34(17-6-7-17)20-11-16-3-2-4-19(31-16)24(20)27/h5,8-10,12-13,16-17,19-20,24,31,35H,2-4,6-7,11H2,1H3/t16-,19+,20-,24+/m0/s1. The summed E-state index contributed by atoms with van der Waals surface area (Å²) in [6, 6.07) is 6.78. The van der Waals surface area contributed by atoms with Gasteiger partial charge in [-0.1, -0.05) is 12.5 Å². The molecule has 2 aromatic heterocycles. The van der Waals surface area contributed by atoms with Crippen molar-refractivity contribution >= 4 is 5.82 Å².